The number of nitrogens with one attached hydrogen (secondary N) is 2. The molecule has 4 nitrogen and oxygen atoms in total. The lowest BCUT2D eigenvalue weighted by atomic mass is 10.2. The highest BCUT2D eigenvalue weighted by Crippen LogP contribution is 2.18. The van der Waals surface area contributed by atoms with Gasteiger partial charge in [-0.3, -0.25) is 0 Å². The fourth-order valence-electron chi connectivity index (χ4n) is 2.11. The number of thiocarbonyl (C=S) groups is 1. The summed E-state index contributed by atoms with van der Waals surface area (Å²) in [5, 5.41) is 6.30. The lowest BCUT2D eigenvalue weighted by Gasteiger charge is -2.13. The summed E-state index contributed by atoms with van der Waals surface area (Å²) in [5.74, 6) is -0.630. The summed E-state index contributed by atoms with van der Waals surface area (Å²) in [5.41, 5.74) is 2.31. The van der Waals surface area contributed by atoms with Crippen LogP contribution in [0.5, 0.6) is 0 Å². The van der Waals surface area contributed by atoms with E-state index in [1.165, 1.54) is 6.07 Å². The Labute approximate surface area is 152 Å². The van der Waals surface area contributed by atoms with Crippen LogP contribution in [-0.2, 0) is 4.74 Å². The molecule has 0 aromatic heterocycles. The third kappa shape index (κ3) is 5.53. The van der Waals surface area contributed by atoms with Gasteiger partial charge >= 0.3 is 5.97 Å². The molecular formula is C19H21FN2O2S. The number of esters is 1. The van der Waals surface area contributed by atoms with E-state index < -0.39 is 0 Å². The molecule has 0 saturated carbocycles. The second-order valence-electron chi connectivity index (χ2n) is 5.56. The highest BCUT2D eigenvalue weighted by Gasteiger charge is 2.08. The zero-order valence-corrected chi connectivity index (χ0v) is 15.1. The van der Waals surface area contributed by atoms with E-state index in [9.17, 15) is 9.18 Å². The van der Waals surface area contributed by atoms with Crippen molar-refractivity contribution in [1.29, 1.82) is 0 Å². The molecule has 0 unspecified atom stereocenters. The first-order chi connectivity index (χ1) is 12.0. The SMILES string of the molecule is CCCCOC(=O)c1ccc(NC(=S)Nc2cccc(F)c2C)cc1. The monoisotopic (exact) mass is 360 g/mol. The molecular weight excluding hydrogens is 339 g/mol. The van der Waals surface area contributed by atoms with Crippen LogP contribution in [0, 0.1) is 12.7 Å². The first-order valence-electron chi connectivity index (χ1n) is 8.11. The van der Waals surface area contributed by atoms with E-state index in [4.69, 9.17) is 17.0 Å². The van der Waals surface area contributed by atoms with Crippen LogP contribution < -0.4 is 10.6 Å². The summed E-state index contributed by atoms with van der Waals surface area (Å²) < 4.78 is 18.7. The standard InChI is InChI=1S/C19H21FN2O2S/c1-3-4-12-24-18(23)14-8-10-15(11-9-14)21-19(25)22-17-7-5-6-16(20)13(17)2/h5-11H,3-4,12H2,1-2H3,(H2,21,22,25). The molecule has 0 bridgehead atoms. The fourth-order valence-corrected chi connectivity index (χ4v) is 2.34. The van der Waals surface area contributed by atoms with Gasteiger partial charge in [-0.05, 0) is 62.0 Å². The lowest BCUT2D eigenvalue weighted by molar-refractivity contribution is 0.0500. The summed E-state index contributed by atoms with van der Waals surface area (Å²) in [7, 11) is 0. The van der Waals surface area contributed by atoms with E-state index >= 15 is 0 Å². The molecule has 0 radical (unpaired) electrons. The zero-order valence-electron chi connectivity index (χ0n) is 14.3. The molecule has 0 fully saturated rings. The molecule has 6 heteroatoms. The molecule has 0 saturated heterocycles. The van der Waals surface area contributed by atoms with Gasteiger partial charge in [0.05, 0.1) is 12.2 Å². The van der Waals surface area contributed by atoms with E-state index in [0.717, 1.165) is 18.5 Å². The molecule has 0 aliphatic carbocycles. The van der Waals surface area contributed by atoms with Gasteiger partial charge in [-0.15, -0.1) is 0 Å². The quantitative estimate of drug-likeness (QED) is 0.436. The van der Waals surface area contributed by atoms with Crippen molar-refractivity contribution < 1.29 is 13.9 Å². The van der Waals surface area contributed by atoms with Gasteiger partial charge in [0.25, 0.3) is 0 Å². The number of halogens is 1. The molecule has 2 N–H and O–H groups in total. The largest absolute Gasteiger partial charge is 0.462 e. The van der Waals surface area contributed by atoms with Crippen molar-refractivity contribution in [3.8, 4) is 0 Å². The van der Waals surface area contributed by atoms with E-state index in [0.29, 0.717) is 28.5 Å². The van der Waals surface area contributed by atoms with E-state index in [-0.39, 0.29) is 11.8 Å². The second-order valence-corrected chi connectivity index (χ2v) is 5.97. The summed E-state index contributed by atoms with van der Waals surface area (Å²) in [6.07, 6.45) is 1.83. The van der Waals surface area contributed by atoms with Gasteiger partial charge in [0, 0.05) is 16.9 Å². The molecule has 0 atom stereocenters. The molecule has 2 rings (SSSR count). The average molecular weight is 360 g/mol. The molecule has 25 heavy (non-hydrogen) atoms. The van der Waals surface area contributed by atoms with Crippen molar-refractivity contribution in [1.82, 2.24) is 0 Å². The van der Waals surface area contributed by atoms with Gasteiger partial charge < -0.3 is 15.4 Å². The number of hydrogen-bond acceptors (Lipinski definition) is 3. The predicted molar refractivity (Wildman–Crippen MR) is 103 cm³/mol. The van der Waals surface area contributed by atoms with Crippen LogP contribution in [0.4, 0.5) is 15.8 Å². The average Bonchev–Trinajstić information content (AvgIpc) is 2.59. The van der Waals surface area contributed by atoms with Crippen molar-refractivity contribution >= 4 is 34.7 Å². The first kappa shape index (κ1) is 18.9. The van der Waals surface area contributed by atoms with Crippen molar-refractivity contribution in [3.63, 3.8) is 0 Å². The Morgan fingerprint density at radius 2 is 1.88 bits per heavy atom. The van der Waals surface area contributed by atoms with Crippen molar-refractivity contribution in [2.24, 2.45) is 0 Å². The molecule has 2 aromatic carbocycles. The summed E-state index contributed by atoms with van der Waals surface area (Å²) in [4.78, 5) is 11.8. The van der Waals surface area contributed by atoms with Crippen LogP contribution in [0.25, 0.3) is 0 Å². The maximum atomic E-state index is 13.5. The molecule has 0 heterocycles. The highest BCUT2D eigenvalue weighted by molar-refractivity contribution is 7.80. The highest BCUT2D eigenvalue weighted by atomic mass is 32.1. The fraction of sp³-hybridized carbons (Fsp3) is 0.263. The number of unbranched alkanes of at least 4 members (excludes halogenated alkanes) is 1. The lowest BCUT2D eigenvalue weighted by Crippen LogP contribution is -2.20. The second kappa shape index (κ2) is 9.13. The van der Waals surface area contributed by atoms with Gasteiger partial charge in [0.15, 0.2) is 5.11 Å². The Bertz CT molecular complexity index is 748. The summed E-state index contributed by atoms with van der Waals surface area (Å²) in [6, 6.07) is 11.6. The van der Waals surface area contributed by atoms with Gasteiger partial charge in [-0.2, -0.15) is 0 Å². The van der Waals surface area contributed by atoms with Gasteiger partial charge in [0.1, 0.15) is 5.82 Å². The Morgan fingerprint density at radius 1 is 1.16 bits per heavy atom. The van der Waals surface area contributed by atoms with Crippen LogP contribution in [0.15, 0.2) is 42.5 Å². The Morgan fingerprint density at radius 3 is 2.56 bits per heavy atom. The maximum Gasteiger partial charge on any atom is 0.338 e. The topological polar surface area (TPSA) is 50.4 Å². The minimum atomic E-state index is -0.337. The van der Waals surface area contributed by atoms with E-state index in [1.807, 2.05) is 6.92 Å². The number of hydrogen-bond donors (Lipinski definition) is 2. The van der Waals surface area contributed by atoms with Crippen molar-refractivity contribution in [2.75, 3.05) is 17.2 Å². The third-order valence-electron chi connectivity index (χ3n) is 3.63. The molecule has 0 aliphatic heterocycles. The first-order valence-corrected chi connectivity index (χ1v) is 8.52. The zero-order chi connectivity index (χ0) is 18.2. The van der Waals surface area contributed by atoms with Gasteiger partial charge in [0.2, 0.25) is 0 Å². The van der Waals surface area contributed by atoms with E-state index in [2.05, 4.69) is 10.6 Å². The molecule has 0 spiro atoms. The molecule has 132 valence electrons. The molecule has 0 aliphatic rings. The van der Waals surface area contributed by atoms with Crippen LogP contribution in [-0.4, -0.2) is 17.7 Å². The number of rotatable bonds is 6. The summed E-state index contributed by atoms with van der Waals surface area (Å²) in [6.45, 7) is 4.14. The Balaban J connectivity index is 1.93. The normalized spacial score (nSPS) is 10.2. The number of ether oxygens (including phenoxy) is 1. The molecule has 2 aromatic rings. The minimum absolute atomic E-state index is 0.293. The van der Waals surface area contributed by atoms with Crippen LogP contribution in [0.3, 0.4) is 0 Å². The van der Waals surface area contributed by atoms with Crippen LogP contribution >= 0.6 is 12.2 Å². The van der Waals surface area contributed by atoms with E-state index in [1.54, 1.807) is 43.3 Å². The van der Waals surface area contributed by atoms with Crippen molar-refractivity contribution in [2.45, 2.75) is 26.7 Å². The number of carbonyl (C=O) groups excluding carboxylic acids is 1. The number of anilines is 2. The minimum Gasteiger partial charge on any atom is -0.462 e. The van der Waals surface area contributed by atoms with Crippen LogP contribution in [0.2, 0.25) is 0 Å². The smallest absolute Gasteiger partial charge is 0.338 e. The number of benzene rings is 2. The van der Waals surface area contributed by atoms with Gasteiger partial charge in [-0.1, -0.05) is 19.4 Å². The van der Waals surface area contributed by atoms with Crippen LogP contribution in [0.1, 0.15) is 35.7 Å². The predicted octanol–water partition coefficient (Wildman–Crippen LogP) is 4.90. The number of carbonyl (C=O) groups is 1. The third-order valence-corrected chi connectivity index (χ3v) is 3.83. The summed E-state index contributed by atoms with van der Waals surface area (Å²) >= 11 is 5.24. The maximum absolute atomic E-state index is 13.5. The van der Waals surface area contributed by atoms with Crippen molar-refractivity contribution in [3.05, 3.63) is 59.4 Å². The van der Waals surface area contributed by atoms with Gasteiger partial charge in [-0.25, -0.2) is 9.18 Å². The molecule has 0 amide bonds. The Hall–Kier alpha value is -2.47. The Kier molecular flexibility index (Phi) is 6.89.